The van der Waals surface area contributed by atoms with Gasteiger partial charge in [-0.1, -0.05) is 6.92 Å². The van der Waals surface area contributed by atoms with Crippen molar-refractivity contribution in [3.05, 3.63) is 53.6 Å². The van der Waals surface area contributed by atoms with Crippen LogP contribution in [0.25, 0.3) is 0 Å². The average molecular weight is 680 g/mol. The molecule has 1 aliphatic rings. The number of ether oxygens (including phenoxy) is 2. The number of carbonyl (C=O) groups is 3. The Bertz CT molecular complexity index is 1370. The van der Waals surface area contributed by atoms with Gasteiger partial charge in [-0.3, -0.25) is 4.79 Å². The van der Waals surface area contributed by atoms with Gasteiger partial charge < -0.3 is 40.3 Å². The first-order valence-corrected chi connectivity index (χ1v) is 16.2. The minimum Gasteiger partial charge on any atom is -0.490 e. The molecule has 4 N–H and O–H groups in total. The Morgan fingerprint density at radius 3 is 2.33 bits per heavy atom. The maximum Gasteiger partial charge on any atom is 0.416 e. The number of carbonyl (C=O) groups excluding carboxylic acids is 3. The first kappa shape index (κ1) is 38.4. The fourth-order valence-electron chi connectivity index (χ4n) is 5.21. The predicted molar refractivity (Wildman–Crippen MR) is 177 cm³/mol. The fraction of sp³-hybridized carbons (Fsp3) is 0.559. The number of nitrogens with zero attached hydrogens (tertiary/aromatic N) is 2. The van der Waals surface area contributed by atoms with Gasteiger partial charge in [-0.05, 0) is 89.4 Å². The summed E-state index contributed by atoms with van der Waals surface area (Å²) in [5, 5.41) is 18.3. The lowest BCUT2D eigenvalue weighted by molar-refractivity contribution is -0.137. The third kappa shape index (κ3) is 11.3. The highest BCUT2D eigenvalue weighted by Gasteiger charge is 2.32. The molecule has 0 aromatic heterocycles. The molecule has 48 heavy (non-hydrogen) atoms. The van der Waals surface area contributed by atoms with Crippen LogP contribution in [0.5, 0.6) is 5.75 Å². The van der Waals surface area contributed by atoms with Crippen LogP contribution in [0.15, 0.2) is 42.5 Å². The zero-order valence-electron chi connectivity index (χ0n) is 28.4. The van der Waals surface area contributed by atoms with Crippen LogP contribution in [0, 0.1) is 5.92 Å². The average Bonchev–Trinajstić information content (AvgIpc) is 3.01. The number of fused-ring (bicyclic) bond motifs is 1. The zero-order valence-corrected chi connectivity index (χ0v) is 28.4. The Morgan fingerprint density at radius 2 is 1.71 bits per heavy atom. The van der Waals surface area contributed by atoms with E-state index in [4.69, 9.17) is 9.47 Å². The molecule has 4 atom stereocenters. The Morgan fingerprint density at radius 1 is 1.04 bits per heavy atom. The van der Waals surface area contributed by atoms with Crippen LogP contribution in [-0.2, 0) is 10.9 Å². The molecule has 5 amide bonds. The van der Waals surface area contributed by atoms with E-state index >= 15 is 0 Å². The highest BCUT2D eigenvalue weighted by molar-refractivity contribution is 5.99. The summed E-state index contributed by atoms with van der Waals surface area (Å²) in [4.78, 5) is 42.6. The van der Waals surface area contributed by atoms with E-state index in [-0.39, 0.29) is 49.0 Å². The van der Waals surface area contributed by atoms with Crippen LogP contribution in [-0.4, -0.2) is 90.5 Å². The Labute approximate surface area is 280 Å². The van der Waals surface area contributed by atoms with Crippen molar-refractivity contribution in [2.75, 3.05) is 44.0 Å². The van der Waals surface area contributed by atoms with E-state index in [9.17, 15) is 32.7 Å². The number of urea groups is 2. The van der Waals surface area contributed by atoms with Crippen molar-refractivity contribution in [1.82, 2.24) is 15.1 Å². The molecule has 0 radical (unpaired) electrons. The topological polar surface area (TPSA) is 132 Å². The highest BCUT2D eigenvalue weighted by Crippen LogP contribution is 2.30. The Kier molecular flexibility index (Phi) is 13.9. The van der Waals surface area contributed by atoms with E-state index in [0.29, 0.717) is 24.5 Å². The van der Waals surface area contributed by atoms with Crippen molar-refractivity contribution in [2.45, 2.75) is 84.3 Å². The first-order valence-electron chi connectivity index (χ1n) is 16.2. The maximum atomic E-state index is 14.2. The van der Waals surface area contributed by atoms with Crippen LogP contribution in [0.4, 0.5) is 34.1 Å². The molecule has 0 spiro atoms. The summed E-state index contributed by atoms with van der Waals surface area (Å²) in [6, 6.07) is 7.40. The standard InChI is InChI=1S/C34H48F3N5O6/c1-21(2)38-32(45)39-27-14-15-29-28(17-27)31(44)42(23(4)20-43)18-22(3)30(47-16-8-7-9-24(5)48-29)19-41(6)33(46)40-26-12-10-25(11-13-26)34(35,36)37/h10-15,17,21-24,30,43H,7-9,16,18-20H2,1-6H3,(H,40,46)(H2,38,39,45)/t22-,23+,24+,30-/m0/s1. The van der Waals surface area contributed by atoms with Gasteiger partial charge in [0.05, 0.1) is 36.0 Å². The van der Waals surface area contributed by atoms with Gasteiger partial charge in [0.1, 0.15) is 5.75 Å². The molecule has 2 aromatic rings. The van der Waals surface area contributed by atoms with Gasteiger partial charge in [0.25, 0.3) is 5.91 Å². The van der Waals surface area contributed by atoms with Gasteiger partial charge in [0.2, 0.25) is 0 Å². The third-order valence-corrected chi connectivity index (χ3v) is 7.99. The van der Waals surface area contributed by atoms with Crippen LogP contribution < -0.4 is 20.7 Å². The summed E-state index contributed by atoms with van der Waals surface area (Å²) in [6.45, 7) is 9.52. The second-order valence-corrected chi connectivity index (χ2v) is 12.6. The molecule has 0 fully saturated rings. The number of hydrogen-bond donors (Lipinski definition) is 4. The summed E-state index contributed by atoms with van der Waals surface area (Å²) >= 11 is 0. The van der Waals surface area contributed by atoms with Crippen LogP contribution >= 0.6 is 0 Å². The fourth-order valence-corrected chi connectivity index (χ4v) is 5.21. The molecule has 2 aromatic carbocycles. The van der Waals surface area contributed by atoms with Gasteiger partial charge in [-0.15, -0.1) is 0 Å². The normalized spacial score (nSPS) is 20.2. The van der Waals surface area contributed by atoms with Crippen LogP contribution in [0.3, 0.4) is 0 Å². The van der Waals surface area contributed by atoms with Gasteiger partial charge >= 0.3 is 18.2 Å². The second kappa shape index (κ2) is 17.4. The summed E-state index contributed by atoms with van der Waals surface area (Å²) in [5.41, 5.74) is 0.00189. The molecule has 266 valence electrons. The number of anilines is 2. The van der Waals surface area contributed by atoms with Gasteiger partial charge in [0, 0.05) is 50.1 Å². The maximum absolute atomic E-state index is 14.2. The molecule has 0 bridgehead atoms. The molecule has 1 heterocycles. The Hall–Kier alpha value is -4.04. The first-order chi connectivity index (χ1) is 22.6. The number of likely N-dealkylation sites (N-methyl/N-ethyl adjacent to an activating group) is 1. The largest absolute Gasteiger partial charge is 0.490 e. The Balaban J connectivity index is 1.86. The SMILES string of the molecule is CC(C)NC(=O)Nc1ccc2c(c1)C(=O)N([C@H](C)CO)C[C@H](C)[C@H](CN(C)C(=O)Nc1ccc(C(F)(F)F)cc1)OCCCC[C@@H](C)O2. The molecule has 11 nitrogen and oxygen atoms in total. The molecular weight excluding hydrogens is 631 g/mol. The molecule has 0 saturated carbocycles. The third-order valence-electron chi connectivity index (χ3n) is 7.99. The summed E-state index contributed by atoms with van der Waals surface area (Å²) in [6.07, 6.45) is -3.08. The van der Waals surface area contributed by atoms with E-state index in [2.05, 4.69) is 16.0 Å². The number of amides is 5. The summed E-state index contributed by atoms with van der Waals surface area (Å²) < 4.78 is 51.4. The predicted octanol–water partition coefficient (Wildman–Crippen LogP) is 6.19. The highest BCUT2D eigenvalue weighted by atomic mass is 19.4. The minimum absolute atomic E-state index is 0.0967. The van der Waals surface area contributed by atoms with Crippen molar-refractivity contribution < 1.29 is 42.1 Å². The summed E-state index contributed by atoms with van der Waals surface area (Å²) in [7, 11) is 1.55. The van der Waals surface area contributed by atoms with E-state index in [1.807, 2.05) is 27.7 Å². The lowest BCUT2D eigenvalue weighted by Crippen LogP contribution is -2.48. The number of benzene rings is 2. The lowest BCUT2D eigenvalue weighted by atomic mass is 10.0. The number of halogens is 3. The lowest BCUT2D eigenvalue weighted by Gasteiger charge is -2.35. The molecule has 0 aliphatic carbocycles. The molecular formula is C34H48F3N5O6. The molecule has 0 unspecified atom stereocenters. The molecule has 14 heteroatoms. The number of hydrogen-bond acceptors (Lipinski definition) is 6. The zero-order chi connectivity index (χ0) is 35.6. The summed E-state index contributed by atoms with van der Waals surface area (Å²) in [5.74, 6) is -0.383. The minimum atomic E-state index is -4.49. The smallest absolute Gasteiger partial charge is 0.416 e. The second-order valence-electron chi connectivity index (χ2n) is 12.6. The van der Waals surface area contributed by atoms with Gasteiger partial charge in [0.15, 0.2) is 0 Å². The molecule has 3 rings (SSSR count). The van der Waals surface area contributed by atoms with Gasteiger partial charge in [-0.2, -0.15) is 13.2 Å². The van der Waals surface area contributed by atoms with E-state index in [1.54, 1.807) is 32.2 Å². The monoisotopic (exact) mass is 679 g/mol. The molecule has 0 saturated heterocycles. The van der Waals surface area contributed by atoms with E-state index in [1.165, 1.54) is 21.9 Å². The van der Waals surface area contributed by atoms with Crippen molar-refractivity contribution in [3.8, 4) is 5.75 Å². The van der Waals surface area contributed by atoms with Gasteiger partial charge in [-0.25, -0.2) is 9.59 Å². The van der Waals surface area contributed by atoms with Crippen molar-refractivity contribution in [1.29, 1.82) is 0 Å². The van der Waals surface area contributed by atoms with Crippen LogP contribution in [0.1, 0.15) is 69.8 Å². The van der Waals surface area contributed by atoms with E-state index < -0.39 is 41.9 Å². The van der Waals surface area contributed by atoms with Crippen LogP contribution in [0.2, 0.25) is 0 Å². The number of rotatable bonds is 7. The van der Waals surface area contributed by atoms with Crippen molar-refractivity contribution >= 4 is 29.3 Å². The van der Waals surface area contributed by atoms with E-state index in [0.717, 1.165) is 25.0 Å². The number of aliphatic hydroxyl groups is 1. The van der Waals surface area contributed by atoms with Crippen molar-refractivity contribution in [2.24, 2.45) is 5.92 Å². The number of alkyl halides is 3. The number of aliphatic hydroxyl groups excluding tert-OH is 1. The molecule has 1 aliphatic heterocycles. The quantitative estimate of drug-likeness (QED) is 0.276. The van der Waals surface area contributed by atoms with Crippen molar-refractivity contribution in [3.63, 3.8) is 0 Å². The number of nitrogens with one attached hydrogen (secondary N) is 3.